The SMILES string of the molecule is CC(O)C[N+](C)(C)C.Cl. The zero-order valence-corrected chi connectivity index (χ0v) is 7.40. The molecule has 1 atom stereocenters. The highest BCUT2D eigenvalue weighted by Crippen LogP contribution is 1.92. The van der Waals surface area contributed by atoms with Gasteiger partial charge in [-0.2, -0.15) is 0 Å². The maximum Gasteiger partial charge on any atom is 0.104 e. The van der Waals surface area contributed by atoms with E-state index in [0.717, 1.165) is 11.0 Å². The number of aliphatic hydroxyl groups is 1. The van der Waals surface area contributed by atoms with Crippen LogP contribution in [0.15, 0.2) is 0 Å². The molecule has 0 aliphatic rings. The first-order chi connectivity index (χ1) is 3.42. The molecule has 0 aromatic carbocycles. The average molecular weight is 155 g/mol. The molecule has 0 amide bonds. The topological polar surface area (TPSA) is 20.2 Å². The summed E-state index contributed by atoms with van der Waals surface area (Å²) in [5.41, 5.74) is 0. The van der Waals surface area contributed by atoms with E-state index < -0.39 is 0 Å². The number of nitrogens with zero attached hydrogens (tertiary/aromatic N) is 1. The van der Waals surface area contributed by atoms with E-state index in [0.29, 0.717) is 0 Å². The Morgan fingerprint density at radius 3 is 1.67 bits per heavy atom. The van der Waals surface area contributed by atoms with E-state index in [1.807, 2.05) is 6.92 Å². The molecule has 0 saturated heterocycles. The fourth-order valence-corrected chi connectivity index (χ4v) is 0.793. The Kier molecular flexibility index (Phi) is 5.43. The lowest BCUT2D eigenvalue weighted by molar-refractivity contribution is -0.873. The van der Waals surface area contributed by atoms with Crippen molar-refractivity contribution >= 4 is 12.4 Å². The second-order valence-corrected chi connectivity index (χ2v) is 3.32. The second-order valence-electron chi connectivity index (χ2n) is 3.32. The quantitative estimate of drug-likeness (QED) is 0.575. The minimum absolute atomic E-state index is 0. The maximum atomic E-state index is 8.87. The fraction of sp³-hybridized carbons (Fsp3) is 1.00. The van der Waals surface area contributed by atoms with E-state index >= 15 is 0 Å². The molecule has 0 aliphatic carbocycles. The molecular weight excluding hydrogens is 138 g/mol. The third-order valence-corrected chi connectivity index (χ3v) is 0.812. The number of rotatable bonds is 2. The summed E-state index contributed by atoms with van der Waals surface area (Å²) >= 11 is 0. The summed E-state index contributed by atoms with van der Waals surface area (Å²) in [6, 6.07) is 0. The Morgan fingerprint density at radius 2 is 1.67 bits per heavy atom. The molecule has 0 aromatic heterocycles. The third kappa shape index (κ3) is 11.7. The normalized spacial score (nSPS) is 14.3. The molecule has 0 rings (SSSR count). The average Bonchev–Trinajstić information content (AvgIpc) is 1.21. The van der Waals surface area contributed by atoms with Crippen molar-refractivity contribution < 1.29 is 9.59 Å². The summed E-state index contributed by atoms with van der Waals surface area (Å²) in [5.74, 6) is 0. The van der Waals surface area contributed by atoms with Gasteiger partial charge in [-0.25, -0.2) is 0 Å². The van der Waals surface area contributed by atoms with Crippen LogP contribution in [0.5, 0.6) is 0 Å². The lowest BCUT2D eigenvalue weighted by atomic mass is 10.3. The Labute approximate surface area is 63.5 Å². The van der Waals surface area contributed by atoms with Crippen molar-refractivity contribution in [2.45, 2.75) is 13.0 Å². The molecule has 1 unspecified atom stereocenters. The van der Waals surface area contributed by atoms with Crippen LogP contribution in [0.25, 0.3) is 0 Å². The molecule has 0 aromatic rings. The Balaban J connectivity index is 0. The molecule has 1 N–H and O–H groups in total. The van der Waals surface area contributed by atoms with Crippen LogP contribution in [0.2, 0.25) is 0 Å². The standard InChI is InChI=1S/C6H16NO.ClH/c1-6(8)5-7(2,3)4;/h6,8H,5H2,1-4H3;1H/q+1;. The molecule has 0 saturated carbocycles. The third-order valence-electron chi connectivity index (χ3n) is 0.812. The van der Waals surface area contributed by atoms with Gasteiger partial charge in [0.1, 0.15) is 12.6 Å². The molecule has 9 heavy (non-hydrogen) atoms. The van der Waals surface area contributed by atoms with E-state index in [-0.39, 0.29) is 18.5 Å². The summed E-state index contributed by atoms with van der Waals surface area (Å²) < 4.78 is 0.831. The largest absolute Gasteiger partial charge is 0.388 e. The minimum Gasteiger partial charge on any atom is -0.388 e. The molecule has 0 heterocycles. The first-order valence-corrected chi connectivity index (χ1v) is 2.90. The van der Waals surface area contributed by atoms with E-state index in [1.54, 1.807) is 0 Å². The van der Waals surface area contributed by atoms with Crippen LogP contribution in [0.4, 0.5) is 0 Å². The number of hydrogen-bond donors (Lipinski definition) is 1. The van der Waals surface area contributed by atoms with Crippen molar-refractivity contribution in [3.8, 4) is 0 Å². The number of aliphatic hydroxyl groups excluding tert-OH is 1. The van der Waals surface area contributed by atoms with Crippen LogP contribution >= 0.6 is 12.4 Å². The van der Waals surface area contributed by atoms with Crippen molar-refractivity contribution in [1.29, 1.82) is 0 Å². The van der Waals surface area contributed by atoms with Gasteiger partial charge in [0.25, 0.3) is 0 Å². The number of quaternary nitrogens is 1. The second kappa shape index (κ2) is 4.09. The van der Waals surface area contributed by atoms with Crippen molar-refractivity contribution in [3.05, 3.63) is 0 Å². The molecule has 0 fully saturated rings. The van der Waals surface area contributed by atoms with Crippen molar-refractivity contribution in [2.24, 2.45) is 0 Å². The van der Waals surface area contributed by atoms with Crippen LogP contribution in [-0.4, -0.2) is 43.4 Å². The molecule has 58 valence electrons. The van der Waals surface area contributed by atoms with Gasteiger partial charge >= 0.3 is 0 Å². The first-order valence-electron chi connectivity index (χ1n) is 2.90. The molecule has 3 heteroatoms. The summed E-state index contributed by atoms with van der Waals surface area (Å²) in [7, 11) is 6.19. The molecule has 2 nitrogen and oxygen atoms in total. The van der Waals surface area contributed by atoms with Crippen LogP contribution in [-0.2, 0) is 0 Å². The van der Waals surface area contributed by atoms with Gasteiger partial charge in [0.05, 0.1) is 21.1 Å². The summed E-state index contributed by atoms with van der Waals surface area (Å²) in [5, 5.41) is 8.87. The van der Waals surface area contributed by atoms with Gasteiger partial charge in [-0.05, 0) is 6.92 Å². The Bertz CT molecular complexity index is 67.9. The van der Waals surface area contributed by atoms with Crippen LogP contribution in [0, 0.1) is 0 Å². The highest BCUT2D eigenvalue weighted by molar-refractivity contribution is 5.85. The highest BCUT2D eigenvalue weighted by atomic mass is 35.5. The number of likely N-dealkylation sites (N-methyl/N-ethyl adjacent to an activating group) is 1. The molecule has 0 bridgehead atoms. The maximum absolute atomic E-state index is 8.87. The summed E-state index contributed by atoms with van der Waals surface area (Å²) in [6.07, 6.45) is -0.185. The van der Waals surface area contributed by atoms with Gasteiger partial charge in [-0.3, -0.25) is 0 Å². The molecule has 0 radical (unpaired) electrons. The van der Waals surface area contributed by atoms with Crippen molar-refractivity contribution in [3.63, 3.8) is 0 Å². The monoisotopic (exact) mass is 154 g/mol. The van der Waals surface area contributed by atoms with Crippen LogP contribution in [0.3, 0.4) is 0 Å². The molecule has 0 aliphatic heterocycles. The zero-order valence-electron chi connectivity index (χ0n) is 6.59. The highest BCUT2D eigenvalue weighted by Gasteiger charge is 2.09. The van der Waals surface area contributed by atoms with Gasteiger partial charge in [0, 0.05) is 0 Å². The van der Waals surface area contributed by atoms with E-state index in [9.17, 15) is 0 Å². The predicted octanol–water partition coefficient (Wildman–Crippen LogP) is 0.495. The van der Waals surface area contributed by atoms with Gasteiger partial charge in [0.15, 0.2) is 0 Å². The van der Waals surface area contributed by atoms with E-state index in [2.05, 4.69) is 21.1 Å². The van der Waals surface area contributed by atoms with Gasteiger partial charge in [-0.1, -0.05) is 0 Å². The van der Waals surface area contributed by atoms with Gasteiger partial charge in [-0.15, -0.1) is 12.4 Å². The molecular formula is C6H17ClNO+. The van der Waals surface area contributed by atoms with Crippen molar-refractivity contribution in [1.82, 2.24) is 0 Å². The Morgan fingerprint density at radius 1 is 1.33 bits per heavy atom. The van der Waals surface area contributed by atoms with E-state index in [4.69, 9.17) is 5.11 Å². The lowest BCUT2D eigenvalue weighted by Gasteiger charge is -2.24. The summed E-state index contributed by atoms with van der Waals surface area (Å²) in [6.45, 7) is 2.63. The lowest BCUT2D eigenvalue weighted by Crippen LogP contribution is -2.40. The smallest absolute Gasteiger partial charge is 0.104 e. The molecule has 0 spiro atoms. The van der Waals surface area contributed by atoms with Gasteiger partial charge < -0.3 is 9.59 Å². The van der Waals surface area contributed by atoms with Crippen molar-refractivity contribution in [2.75, 3.05) is 27.7 Å². The van der Waals surface area contributed by atoms with Crippen LogP contribution < -0.4 is 0 Å². The first kappa shape index (κ1) is 11.9. The zero-order chi connectivity index (χ0) is 6.78. The number of hydrogen-bond acceptors (Lipinski definition) is 1. The summed E-state index contributed by atoms with van der Waals surface area (Å²) in [4.78, 5) is 0. The van der Waals surface area contributed by atoms with Crippen LogP contribution in [0.1, 0.15) is 6.92 Å². The predicted molar refractivity (Wildman–Crippen MR) is 41.8 cm³/mol. The van der Waals surface area contributed by atoms with Gasteiger partial charge in [0.2, 0.25) is 0 Å². The van der Waals surface area contributed by atoms with E-state index in [1.165, 1.54) is 0 Å². The fourth-order valence-electron chi connectivity index (χ4n) is 0.793. The Hall–Kier alpha value is 0.210. The minimum atomic E-state index is -0.185. The number of halogens is 1.